The number of nitro benzene ring substituents is 1. The van der Waals surface area contributed by atoms with Crippen molar-refractivity contribution < 1.29 is 19.2 Å². The van der Waals surface area contributed by atoms with E-state index in [0.29, 0.717) is 24.1 Å². The Bertz CT molecular complexity index is 469. The number of methoxy groups -OCH3 is 1. The van der Waals surface area contributed by atoms with E-state index in [0.717, 1.165) is 6.42 Å². The van der Waals surface area contributed by atoms with Gasteiger partial charge < -0.3 is 9.47 Å². The minimum Gasteiger partial charge on any atom is -0.486 e. The number of benzene rings is 1. The zero-order valence-corrected chi connectivity index (χ0v) is 12.9. The number of rotatable bonds is 8. The zero-order valence-electron chi connectivity index (χ0n) is 11.3. The number of hydrogen-bond acceptors (Lipinski definition) is 5. The molecule has 1 aromatic carbocycles. The topological polar surface area (TPSA) is 78.7 Å². The third-order valence-corrected chi connectivity index (χ3v) is 3.06. The molecule has 6 nitrogen and oxygen atoms in total. The standard InChI is InChI=1S/C13H16BrNO5/c1-9(16)11-7-10(14)8-12(15(17)18)13(11)20-6-4-3-5-19-2/h7-8H,3-6H2,1-2H3. The molecule has 0 fully saturated rings. The van der Waals surface area contributed by atoms with E-state index in [1.807, 2.05) is 0 Å². The maximum atomic E-state index is 11.6. The predicted molar refractivity (Wildman–Crippen MR) is 77.4 cm³/mol. The Morgan fingerprint density at radius 1 is 1.35 bits per heavy atom. The molecule has 1 rings (SSSR count). The predicted octanol–water partition coefficient (Wildman–Crippen LogP) is 3.37. The van der Waals surface area contributed by atoms with E-state index < -0.39 is 4.92 Å². The van der Waals surface area contributed by atoms with Crippen LogP contribution in [0.5, 0.6) is 5.75 Å². The van der Waals surface area contributed by atoms with E-state index in [4.69, 9.17) is 9.47 Å². The maximum absolute atomic E-state index is 11.6. The molecule has 0 aromatic heterocycles. The van der Waals surface area contributed by atoms with Gasteiger partial charge in [-0.3, -0.25) is 14.9 Å². The van der Waals surface area contributed by atoms with Crippen LogP contribution in [0, 0.1) is 10.1 Å². The van der Waals surface area contributed by atoms with Crippen molar-refractivity contribution in [2.75, 3.05) is 20.3 Å². The van der Waals surface area contributed by atoms with Crippen LogP contribution in [0.25, 0.3) is 0 Å². The molecule has 110 valence electrons. The maximum Gasteiger partial charge on any atom is 0.312 e. The molecule has 7 heteroatoms. The van der Waals surface area contributed by atoms with Gasteiger partial charge in [0.05, 0.1) is 17.1 Å². The molecule has 0 bridgehead atoms. The van der Waals surface area contributed by atoms with Crippen LogP contribution in [-0.2, 0) is 4.74 Å². The molecular formula is C13H16BrNO5. The van der Waals surface area contributed by atoms with E-state index in [1.54, 1.807) is 7.11 Å². The molecule has 1 aromatic rings. The smallest absolute Gasteiger partial charge is 0.312 e. The number of ether oxygens (including phenoxy) is 2. The van der Waals surface area contributed by atoms with Crippen molar-refractivity contribution in [2.45, 2.75) is 19.8 Å². The first-order valence-corrected chi connectivity index (χ1v) is 6.87. The van der Waals surface area contributed by atoms with Crippen LogP contribution in [0.4, 0.5) is 5.69 Å². The summed E-state index contributed by atoms with van der Waals surface area (Å²) in [5.41, 5.74) is -0.00543. The van der Waals surface area contributed by atoms with Gasteiger partial charge in [-0.1, -0.05) is 15.9 Å². The van der Waals surface area contributed by atoms with Crippen LogP contribution in [0.15, 0.2) is 16.6 Å². The summed E-state index contributed by atoms with van der Waals surface area (Å²) in [6, 6.07) is 2.86. The van der Waals surface area contributed by atoms with Gasteiger partial charge in [0.15, 0.2) is 5.78 Å². The van der Waals surface area contributed by atoms with Gasteiger partial charge in [0.2, 0.25) is 5.75 Å². The Morgan fingerprint density at radius 3 is 2.55 bits per heavy atom. The summed E-state index contributed by atoms with van der Waals surface area (Å²) in [4.78, 5) is 22.1. The molecule has 0 amide bonds. The molecule has 0 aliphatic carbocycles. The molecule has 0 atom stereocenters. The summed E-state index contributed by atoms with van der Waals surface area (Å²) in [5, 5.41) is 11.1. The van der Waals surface area contributed by atoms with Crippen molar-refractivity contribution in [1.82, 2.24) is 0 Å². The van der Waals surface area contributed by atoms with Crippen molar-refractivity contribution in [3.63, 3.8) is 0 Å². The lowest BCUT2D eigenvalue weighted by Crippen LogP contribution is -2.07. The van der Waals surface area contributed by atoms with Crippen LogP contribution in [0.1, 0.15) is 30.1 Å². The van der Waals surface area contributed by atoms with E-state index in [2.05, 4.69) is 15.9 Å². The molecule has 0 saturated heterocycles. The Morgan fingerprint density at radius 2 is 2.00 bits per heavy atom. The summed E-state index contributed by atoms with van der Waals surface area (Å²) in [6.07, 6.45) is 1.48. The lowest BCUT2D eigenvalue weighted by Gasteiger charge is -2.10. The largest absolute Gasteiger partial charge is 0.486 e. The average molecular weight is 346 g/mol. The van der Waals surface area contributed by atoms with Crippen molar-refractivity contribution in [2.24, 2.45) is 0 Å². The van der Waals surface area contributed by atoms with Crippen LogP contribution >= 0.6 is 15.9 Å². The fourth-order valence-corrected chi connectivity index (χ4v) is 2.10. The fraction of sp³-hybridized carbons (Fsp3) is 0.462. The van der Waals surface area contributed by atoms with E-state index in [9.17, 15) is 14.9 Å². The molecule has 0 unspecified atom stereocenters. The number of hydrogen-bond donors (Lipinski definition) is 0. The first-order valence-electron chi connectivity index (χ1n) is 6.08. The Hall–Kier alpha value is -1.47. The zero-order chi connectivity index (χ0) is 15.1. The molecule has 0 N–H and O–H groups in total. The highest BCUT2D eigenvalue weighted by atomic mass is 79.9. The molecule has 0 spiro atoms. The fourth-order valence-electron chi connectivity index (χ4n) is 1.65. The summed E-state index contributed by atoms with van der Waals surface area (Å²) < 4.78 is 10.8. The van der Waals surface area contributed by atoms with Crippen molar-refractivity contribution >= 4 is 27.4 Å². The van der Waals surface area contributed by atoms with Gasteiger partial charge in [-0.15, -0.1) is 0 Å². The van der Waals surface area contributed by atoms with Crippen LogP contribution in [0.3, 0.4) is 0 Å². The molecule has 0 heterocycles. The van der Waals surface area contributed by atoms with E-state index in [1.165, 1.54) is 19.1 Å². The second kappa shape index (κ2) is 7.96. The number of unbranched alkanes of at least 4 members (excludes halogenated alkanes) is 1. The van der Waals surface area contributed by atoms with Crippen molar-refractivity contribution in [1.29, 1.82) is 0 Å². The average Bonchev–Trinajstić information content (AvgIpc) is 2.38. The first kappa shape index (κ1) is 16.6. The van der Waals surface area contributed by atoms with E-state index in [-0.39, 0.29) is 22.8 Å². The molecule has 0 saturated carbocycles. The number of nitrogens with zero attached hydrogens (tertiary/aromatic N) is 1. The number of carbonyl (C=O) groups excluding carboxylic acids is 1. The highest BCUT2D eigenvalue weighted by Gasteiger charge is 2.23. The normalized spacial score (nSPS) is 10.3. The lowest BCUT2D eigenvalue weighted by atomic mass is 10.1. The van der Waals surface area contributed by atoms with Crippen molar-refractivity contribution in [3.05, 3.63) is 32.3 Å². The number of carbonyl (C=O) groups is 1. The second-order valence-corrected chi connectivity index (χ2v) is 5.08. The Kier molecular flexibility index (Phi) is 6.60. The van der Waals surface area contributed by atoms with Gasteiger partial charge in [-0.2, -0.15) is 0 Å². The lowest BCUT2D eigenvalue weighted by molar-refractivity contribution is -0.386. The van der Waals surface area contributed by atoms with Gasteiger partial charge in [-0.05, 0) is 25.8 Å². The van der Waals surface area contributed by atoms with Gasteiger partial charge in [0.1, 0.15) is 0 Å². The SMILES string of the molecule is COCCCCOc1c(C(C)=O)cc(Br)cc1[N+](=O)[O-]. The Balaban J connectivity index is 2.95. The highest BCUT2D eigenvalue weighted by Crippen LogP contribution is 2.35. The molecule has 0 radical (unpaired) electrons. The summed E-state index contributed by atoms with van der Waals surface area (Å²) in [5.74, 6) is -0.246. The number of nitro groups is 1. The third kappa shape index (κ3) is 4.57. The highest BCUT2D eigenvalue weighted by molar-refractivity contribution is 9.10. The third-order valence-electron chi connectivity index (χ3n) is 2.60. The molecule has 20 heavy (non-hydrogen) atoms. The number of ketones is 1. The van der Waals surface area contributed by atoms with Gasteiger partial charge in [-0.25, -0.2) is 0 Å². The van der Waals surface area contributed by atoms with E-state index >= 15 is 0 Å². The van der Waals surface area contributed by atoms with Gasteiger partial charge >= 0.3 is 5.69 Å². The first-order chi connectivity index (χ1) is 9.47. The number of Topliss-reactive ketones (excluding diaryl/α,β-unsaturated/α-hetero) is 1. The van der Waals surface area contributed by atoms with Gasteiger partial charge in [0.25, 0.3) is 0 Å². The summed E-state index contributed by atoms with van der Waals surface area (Å²) in [7, 11) is 1.61. The van der Waals surface area contributed by atoms with Crippen LogP contribution < -0.4 is 4.74 Å². The van der Waals surface area contributed by atoms with Crippen LogP contribution in [0.2, 0.25) is 0 Å². The number of halogens is 1. The van der Waals surface area contributed by atoms with Crippen molar-refractivity contribution in [3.8, 4) is 5.75 Å². The summed E-state index contributed by atoms with van der Waals surface area (Å²) in [6.45, 7) is 2.25. The molecular weight excluding hydrogens is 330 g/mol. The second-order valence-electron chi connectivity index (χ2n) is 4.16. The summed E-state index contributed by atoms with van der Waals surface area (Å²) >= 11 is 3.16. The van der Waals surface area contributed by atoms with Crippen LogP contribution in [-0.4, -0.2) is 31.0 Å². The Labute approximate surface area is 125 Å². The minimum atomic E-state index is -0.554. The van der Waals surface area contributed by atoms with Gasteiger partial charge in [0, 0.05) is 24.3 Å². The monoisotopic (exact) mass is 345 g/mol. The molecule has 0 aliphatic rings. The minimum absolute atomic E-state index is 0.0307. The quantitative estimate of drug-likeness (QED) is 0.312. The molecule has 0 aliphatic heterocycles.